The van der Waals surface area contributed by atoms with Gasteiger partial charge in [-0.2, -0.15) is 4.31 Å². The summed E-state index contributed by atoms with van der Waals surface area (Å²) >= 11 is 0. The summed E-state index contributed by atoms with van der Waals surface area (Å²) in [7, 11) is -2.48. The van der Waals surface area contributed by atoms with Gasteiger partial charge >= 0.3 is 0 Å². The zero-order valence-electron chi connectivity index (χ0n) is 21.3. The third-order valence-electron chi connectivity index (χ3n) is 5.44. The van der Waals surface area contributed by atoms with Gasteiger partial charge in [0, 0.05) is 19.1 Å². The average molecular weight is 488 g/mol. The van der Waals surface area contributed by atoms with Crippen molar-refractivity contribution < 1.29 is 18.0 Å². The molecule has 0 radical (unpaired) electrons. The van der Waals surface area contributed by atoms with Gasteiger partial charge in [0.2, 0.25) is 21.8 Å². The molecule has 34 heavy (non-hydrogen) atoms. The number of likely N-dealkylation sites (N-methyl/N-ethyl adjacent to an activating group) is 1. The summed E-state index contributed by atoms with van der Waals surface area (Å²) in [5.41, 5.74) is 2.43. The zero-order chi connectivity index (χ0) is 25.7. The molecule has 0 saturated carbocycles. The van der Waals surface area contributed by atoms with Gasteiger partial charge in [0.05, 0.1) is 11.4 Å². The van der Waals surface area contributed by atoms with E-state index in [0.717, 1.165) is 21.0 Å². The lowest BCUT2D eigenvalue weighted by molar-refractivity contribution is -0.142. The maximum Gasteiger partial charge on any atom is 0.243 e. The van der Waals surface area contributed by atoms with Crippen LogP contribution in [0.4, 0.5) is 0 Å². The van der Waals surface area contributed by atoms with Crippen LogP contribution in [-0.2, 0) is 26.2 Å². The Morgan fingerprint density at radius 1 is 0.941 bits per heavy atom. The Bertz CT molecular complexity index is 1090. The molecule has 0 unspecified atom stereocenters. The van der Waals surface area contributed by atoms with Crippen LogP contribution in [0.15, 0.2) is 53.4 Å². The van der Waals surface area contributed by atoms with Crippen LogP contribution in [0.3, 0.4) is 0 Å². The van der Waals surface area contributed by atoms with Crippen molar-refractivity contribution >= 4 is 21.8 Å². The van der Waals surface area contributed by atoms with Crippen molar-refractivity contribution in [3.8, 4) is 0 Å². The molecule has 2 amide bonds. The monoisotopic (exact) mass is 487 g/mol. The number of hydrogen-bond donors (Lipinski definition) is 1. The summed E-state index contributed by atoms with van der Waals surface area (Å²) in [6.07, 6.45) is 0.397. The van der Waals surface area contributed by atoms with E-state index in [-0.39, 0.29) is 23.9 Å². The molecule has 2 rings (SSSR count). The summed E-state index contributed by atoms with van der Waals surface area (Å²) in [4.78, 5) is 28.1. The fraction of sp³-hybridized carbons (Fsp3) is 0.462. The normalized spacial score (nSPS) is 12.9. The number of sulfonamides is 1. The highest BCUT2D eigenvalue weighted by atomic mass is 32.2. The number of amides is 2. The first-order chi connectivity index (χ1) is 15.7. The predicted molar refractivity (Wildman–Crippen MR) is 135 cm³/mol. The molecular weight excluding hydrogens is 450 g/mol. The summed E-state index contributed by atoms with van der Waals surface area (Å²) in [5, 5.41) is 2.95. The minimum absolute atomic E-state index is 0.121. The molecule has 0 aliphatic carbocycles. The second-order valence-electron chi connectivity index (χ2n) is 9.74. The van der Waals surface area contributed by atoms with Gasteiger partial charge in [-0.15, -0.1) is 0 Å². The average Bonchev–Trinajstić information content (AvgIpc) is 2.74. The van der Waals surface area contributed by atoms with E-state index in [9.17, 15) is 18.0 Å². The molecule has 0 fully saturated rings. The molecule has 1 atom stereocenters. The highest BCUT2D eigenvalue weighted by Crippen LogP contribution is 2.18. The van der Waals surface area contributed by atoms with E-state index in [2.05, 4.69) is 5.32 Å². The summed E-state index contributed by atoms with van der Waals surface area (Å²) in [6.45, 7) is 11.2. The fourth-order valence-electron chi connectivity index (χ4n) is 3.52. The van der Waals surface area contributed by atoms with Crippen molar-refractivity contribution in [1.29, 1.82) is 0 Å². The lowest BCUT2D eigenvalue weighted by Gasteiger charge is -2.34. The third kappa shape index (κ3) is 7.40. The van der Waals surface area contributed by atoms with Crippen molar-refractivity contribution in [3.63, 3.8) is 0 Å². The van der Waals surface area contributed by atoms with E-state index in [1.165, 1.54) is 24.1 Å². The molecule has 2 aromatic carbocycles. The third-order valence-corrected chi connectivity index (χ3v) is 7.26. The Hall–Kier alpha value is -2.71. The number of carbonyl (C=O) groups excluding carboxylic acids is 2. The van der Waals surface area contributed by atoms with Gasteiger partial charge in [-0.3, -0.25) is 9.59 Å². The van der Waals surface area contributed by atoms with Gasteiger partial charge in [-0.25, -0.2) is 8.42 Å². The number of nitrogens with zero attached hydrogens (tertiary/aromatic N) is 2. The lowest BCUT2D eigenvalue weighted by Crippen LogP contribution is -2.55. The van der Waals surface area contributed by atoms with Crippen molar-refractivity contribution in [2.45, 2.75) is 71.0 Å². The maximum atomic E-state index is 13.5. The zero-order valence-corrected chi connectivity index (χ0v) is 22.1. The van der Waals surface area contributed by atoms with E-state index in [1.54, 1.807) is 12.1 Å². The van der Waals surface area contributed by atoms with E-state index in [1.807, 2.05) is 65.8 Å². The Labute approximate surface area is 204 Å². The van der Waals surface area contributed by atoms with Gasteiger partial charge in [-0.1, -0.05) is 54.4 Å². The van der Waals surface area contributed by atoms with Crippen LogP contribution in [0.25, 0.3) is 0 Å². The Morgan fingerprint density at radius 3 is 1.91 bits per heavy atom. The SMILES string of the molecule is CC[C@@H](C(=O)NC(C)(C)C)N(Cc1ccc(C)cc1)C(=O)CN(C)S(=O)(=O)c1ccc(C)cc1. The van der Waals surface area contributed by atoms with E-state index in [0.29, 0.717) is 6.42 Å². The second kappa shape index (κ2) is 11.1. The van der Waals surface area contributed by atoms with Gasteiger partial charge in [0.25, 0.3) is 0 Å². The molecule has 1 N–H and O–H groups in total. The second-order valence-corrected chi connectivity index (χ2v) is 11.8. The molecule has 0 aromatic heterocycles. The van der Waals surface area contributed by atoms with Gasteiger partial charge in [-0.05, 0) is 58.7 Å². The van der Waals surface area contributed by atoms with Gasteiger partial charge in [0.15, 0.2) is 0 Å². The topological polar surface area (TPSA) is 86.8 Å². The van der Waals surface area contributed by atoms with Crippen LogP contribution in [0.2, 0.25) is 0 Å². The first-order valence-electron chi connectivity index (χ1n) is 11.4. The molecule has 0 aliphatic heterocycles. The van der Waals surface area contributed by atoms with Crippen molar-refractivity contribution in [2.75, 3.05) is 13.6 Å². The van der Waals surface area contributed by atoms with Crippen LogP contribution in [0, 0.1) is 13.8 Å². The first-order valence-corrected chi connectivity index (χ1v) is 12.9. The van der Waals surface area contributed by atoms with Crippen molar-refractivity contribution in [3.05, 3.63) is 65.2 Å². The van der Waals surface area contributed by atoms with E-state index >= 15 is 0 Å². The van der Waals surface area contributed by atoms with Gasteiger partial charge in [0.1, 0.15) is 6.04 Å². The molecular formula is C26H37N3O4S. The van der Waals surface area contributed by atoms with Crippen molar-refractivity contribution in [2.24, 2.45) is 0 Å². The smallest absolute Gasteiger partial charge is 0.243 e. The Balaban J connectivity index is 2.34. The first kappa shape index (κ1) is 27.5. The molecule has 2 aromatic rings. The number of nitrogens with one attached hydrogen (secondary N) is 1. The fourth-order valence-corrected chi connectivity index (χ4v) is 4.64. The van der Waals surface area contributed by atoms with E-state index < -0.39 is 27.5 Å². The van der Waals surface area contributed by atoms with Crippen LogP contribution >= 0.6 is 0 Å². The maximum absolute atomic E-state index is 13.5. The summed E-state index contributed by atoms with van der Waals surface area (Å²) < 4.78 is 27.1. The minimum Gasteiger partial charge on any atom is -0.350 e. The molecule has 0 spiro atoms. The number of carbonyl (C=O) groups is 2. The summed E-state index contributed by atoms with van der Waals surface area (Å²) in [5.74, 6) is -0.700. The number of aryl methyl sites for hydroxylation is 2. The molecule has 0 aliphatic rings. The Kier molecular flexibility index (Phi) is 9.02. The minimum atomic E-state index is -3.86. The standard InChI is InChI=1S/C26H37N3O4S/c1-8-23(25(31)27-26(4,5)6)29(17-21-13-9-19(2)10-14-21)24(30)18-28(7)34(32,33)22-15-11-20(3)12-16-22/h9-16,23H,8,17-18H2,1-7H3,(H,27,31)/t23-/m0/s1. The molecule has 186 valence electrons. The molecule has 0 saturated heterocycles. The van der Waals surface area contributed by atoms with E-state index in [4.69, 9.17) is 0 Å². The highest BCUT2D eigenvalue weighted by Gasteiger charge is 2.33. The molecule has 8 heteroatoms. The molecule has 0 bridgehead atoms. The number of benzene rings is 2. The van der Waals surface area contributed by atoms with Crippen LogP contribution < -0.4 is 5.32 Å². The molecule has 0 heterocycles. The van der Waals surface area contributed by atoms with Crippen LogP contribution in [0.1, 0.15) is 50.8 Å². The highest BCUT2D eigenvalue weighted by molar-refractivity contribution is 7.89. The van der Waals surface area contributed by atoms with Crippen LogP contribution in [-0.4, -0.2) is 54.6 Å². The van der Waals surface area contributed by atoms with Gasteiger partial charge < -0.3 is 10.2 Å². The lowest BCUT2D eigenvalue weighted by atomic mass is 10.1. The quantitative estimate of drug-likeness (QED) is 0.585. The molecule has 7 nitrogen and oxygen atoms in total. The van der Waals surface area contributed by atoms with Crippen LogP contribution in [0.5, 0.6) is 0 Å². The Morgan fingerprint density at radius 2 is 1.44 bits per heavy atom. The predicted octanol–water partition coefficient (Wildman–Crippen LogP) is 3.65. The summed E-state index contributed by atoms with van der Waals surface area (Å²) in [6, 6.07) is 13.5. The number of rotatable bonds is 9. The largest absolute Gasteiger partial charge is 0.350 e. The van der Waals surface area contributed by atoms with Crippen molar-refractivity contribution in [1.82, 2.24) is 14.5 Å². The number of hydrogen-bond acceptors (Lipinski definition) is 4.